The topological polar surface area (TPSA) is 79.5 Å². The molecule has 1 amide bonds. The van der Waals surface area contributed by atoms with Crippen LogP contribution in [-0.4, -0.2) is 28.8 Å². The number of hydrogen-bond acceptors (Lipinski definition) is 4. The van der Waals surface area contributed by atoms with Crippen LogP contribution in [0.5, 0.6) is 0 Å². The fraction of sp³-hybridized carbons (Fsp3) is 0.333. The van der Waals surface area contributed by atoms with E-state index in [1.165, 1.54) is 18.6 Å². The molecule has 0 radical (unpaired) electrons. The first-order chi connectivity index (χ1) is 7.09. The Morgan fingerprint density at radius 1 is 1.60 bits per heavy atom. The Labute approximate surface area is 91.9 Å². The third kappa shape index (κ3) is 4.07. The molecule has 15 heavy (non-hydrogen) atoms. The first-order valence-corrected chi connectivity index (χ1v) is 4.81. The molecule has 0 spiro atoms. The van der Waals surface area contributed by atoms with Crippen LogP contribution in [0.3, 0.4) is 0 Å². The van der Waals surface area contributed by atoms with E-state index in [9.17, 15) is 9.59 Å². The fourth-order valence-electron chi connectivity index (χ4n) is 0.980. The largest absolute Gasteiger partial charge is 0.481 e. The van der Waals surface area contributed by atoms with Gasteiger partial charge in [0, 0.05) is 11.8 Å². The zero-order valence-electron chi connectivity index (χ0n) is 7.84. The summed E-state index contributed by atoms with van der Waals surface area (Å²) in [7, 11) is 0. The van der Waals surface area contributed by atoms with Crippen LogP contribution >= 0.6 is 12.6 Å². The van der Waals surface area contributed by atoms with Crippen molar-refractivity contribution in [1.82, 2.24) is 5.32 Å². The quantitative estimate of drug-likeness (QED) is 0.652. The Balaban J connectivity index is 2.31. The molecule has 1 heterocycles. The van der Waals surface area contributed by atoms with Gasteiger partial charge in [-0.3, -0.25) is 9.59 Å². The van der Waals surface area contributed by atoms with E-state index < -0.39 is 11.2 Å². The number of carboxylic acids is 1. The summed E-state index contributed by atoms with van der Waals surface area (Å²) in [5.41, 5.74) is 0.408. The Hall–Kier alpha value is -1.43. The van der Waals surface area contributed by atoms with Gasteiger partial charge < -0.3 is 14.8 Å². The van der Waals surface area contributed by atoms with Crippen molar-refractivity contribution in [3.05, 3.63) is 24.2 Å². The van der Waals surface area contributed by atoms with E-state index in [2.05, 4.69) is 17.9 Å². The second-order valence-electron chi connectivity index (χ2n) is 2.97. The summed E-state index contributed by atoms with van der Waals surface area (Å²) < 4.78 is 4.73. The highest BCUT2D eigenvalue weighted by Crippen LogP contribution is 2.02. The van der Waals surface area contributed by atoms with Gasteiger partial charge in [-0.25, -0.2) is 0 Å². The van der Waals surface area contributed by atoms with Crippen LogP contribution in [0.25, 0.3) is 0 Å². The highest BCUT2D eigenvalue weighted by atomic mass is 32.1. The maximum atomic E-state index is 11.3. The molecule has 0 fully saturated rings. The smallest absolute Gasteiger partial charge is 0.304 e. The molecule has 0 aliphatic rings. The fourth-order valence-corrected chi connectivity index (χ4v) is 1.23. The number of carbonyl (C=O) groups is 2. The molecule has 0 saturated carbocycles. The number of nitrogens with one attached hydrogen (secondary N) is 1. The Bertz CT molecular complexity index is 336. The van der Waals surface area contributed by atoms with Crippen molar-refractivity contribution in [2.45, 2.75) is 11.7 Å². The van der Waals surface area contributed by atoms with Crippen molar-refractivity contribution in [1.29, 1.82) is 0 Å². The molecule has 0 aliphatic carbocycles. The highest BCUT2D eigenvalue weighted by Gasteiger charge is 2.11. The molecule has 1 unspecified atom stereocenters. The van der Waals surface area contributed by atoms with Crippen LogP contribution in [0.15, 0.2) is 23.0 Å². The lowest BCUT2D eigenvalue weighted by molar-refractivity contribution is -0.136. The monoisotopic (exact) mass is 229 g/mol. The third-order valence-electron chi connectivity index (χ3n) is 1.69. The molecule has 5 nitrogen and oxygen atoms in total. The third-order valence-corrected chi connectivity index (χ3v) is 2.06. The van der Waals surface area contributed by atoms with Gasteiger partial charge in [-0.2, -0.15) is 12.6 Å². The minimum absolute atomic E-state index is 0.0885. The van der Waals surface area contributed by atoms with E-state index in [1.54, 1.807) is 0 Å². The van der Waals surface area contributed by atoms with Crippen LogP contribution in [0.2, 0.25) is 0 Å². The Morgan fingerprint density at radius 3 is 2.87 bits per heavy atom. The van der Waals surface area contributed by atoms with Gasteiger partial charge in [0.05, 0.1) is 18.2 Å². The van der Waals surface area contributed by atoms with Gasteiger partial charge in [0.25, 0.3) is 5.91 Å². The van der Waals surface area contributed by atoms with Crippen molar-refractivity contribution in [2.24, 2.45) is 0 Å². The summed E-state index contributed by atoms with van der Waals surface area (Å²) in [4.78, 5) is 21.6. The predicted octanol–water partition coefficient (Wildman–Crippen LogP) is 0.783. The zero-order chi connectivity index (χ0) is 11.3. The molecule has 6 heteroatoms. The molecule has 0 aliphatic heterocycles. The number of carboxylic acid groups (broad SMARTS) is 1. The van der Waals surface area contributed by atoms with Gasteiger partial charge in [-0.1, -0.05) is 0 Å². The summed E-state index contributed by atoms with van der Waals surface area (Å²) in [5, 5.41) is 10.6. The normalized spacial score (nSPS) is 12.1. The maximum Gasteiger partial charge on any atom is 0.304 e. The number of carbonyl (C=O) groups excluding carboxylic acids is 1. The van der Waals surface area contributed by atoms with Crippen molar-refractivity contribution >= 4 is 24.5 Å². The van der Waals surface area contributed by atoms with E-state index in [-0.39, 0.29) is 18.9 Å². The van der Waals surface area contributed by atoms with Crippen LogP contribution in [0.4, 0.5) is 0 Å². The standard InChI is InChI=1S/C9H11NO4S/c11-8(12)3-7(15)4-10-9(13)6-1-2-14-5-6/h1-2,5,7,15H,3-4H2,(H,10,13)(H,11,12). The molecule has 0 aromatic carbocycles. The first-order valence-electron chi connectivity index (χ1n) is 4.30. The minimum Gasteiger partial charge on any atom is -0.481 e. The number of aliphatic carboxylic acids is 1. The van der Waals surface area contributed by atoms with Crippen molar-refractivity contribution < 1.29 is 19.1 Å². The van der Waals surface area contributed by atoms with Gasteiger partial charge in [-0.15, -0.1) is 0 Å². The number of thiol groups is 1. The van der Waals surface area contributed by atoms with Crippen LogP contribution in [-0.2, 0) is 4.79 Å². The van der Waals surface area contributed by atoms with Gasteiger partial charge >= 0.3 is 5.97 Å². The minimum atomic E-state index is -0.937. The molecule has 1 atom stereocenters. The van der Waals surface area contributed by atoms with E-state index in [0.717, 1.165) is 0 Å². The van der Waals surface area contributed by atoms with E-state index >= 15 is 0 Å². The molecule has 82 valence electrons. The zero-order valence-corrected chi connectivity index (χ0v) is 8.74. The van der Waals surface area contributed by atoms with Crippen molar-refractivity contribution in [2.75, 3.05) is 6.54 Å². The Kier molecular flexibility index (Phi) is 4.23. The lowest BCUT2D eigenvalue weighted by Gasteiger charge is -2.08. The lowest BCUT2D eigenvalue weighted by atomic mass is 10.3. The highest BCUT2D eigenvalue weighted by molar-refractivity contribution is 7.81. The number of rotatable bonds is 5. The second-order valence-corrected chi connectivity index (χ2v) is 3.70. The molecular weight excluding hydrogens is 218 g/mol. The summed E-state index contributed by atoms with van der Waals surface area (Å²) in [5.74, 6) is -1.24. The molecule has 1 rings (SSSR count). The molecule has 0 bridgehead atoms. The van der Waals surface area contributed by atoms with Crippen LogP contribution < -0.4 is 5.32 Å². The van der Waals surface area contributed by atoms with Gasteiger partial charge in [0.2, 0.25) is 0 Å². The lowest BCUT2D eigenvalue weighted by Crippen LogP contribution is -2.30. The number of amides is 1. The summed E-state index contributed by atoms with van der Waals surface area (Å²) in [6.07, 6.45) is 2.62. The molecule has 1 aromatic heterocycles. The van der Waals surface area contributed by atoms with E-state index in [4.69, 9.17) is 9.52 Å². The van der Waals surface area contributed by atoms with Gasteiger partial charge in [-0.05, 0) is 6.07 Å². The Morgan fingerprint density at radius 2 is 2.33 bits per heavy atom. The summed E-state index contributed by atoms with van der Waals surface area (Å²) >= 11 is 4.02. The van der Waals surface area contributed by atoms with Gasteiger partial charge in [0.15, 0.2) is 0 Å². The predicted molar refractivity (Wildman–Crippen MR) is 56.1 cm³/mol. The molecule has 2 N–H and O–H groups in total. The molecule has 1 aromatic rings. The van der Waals surface area contributed by atoms with E-state index in [0.29, 0.717) is 5.56 Å². The maximum absolute atomic E-state index is 11.3. The van der Waals surface area contributed by atoms with E-state index in [1.807, 2.05) is 0 Å². The SMILES string of the molecule is O=C(O)CC(S)CNC(=O)c1ccoc1. The number of furan rings is 1. The average molecular weight is 229 g/mol. The second kappa shape index (κ2) is 5.45. The molecular formula is C9H11NO4S. The van der Waals surface area contributed by atoms with Crippen LogP contribution in [0.1, 0.15) is 16.8 Å². The summed E-state index contributed by atoms with van der Waals surface area (Å²) in [6, 6.07) is 1.53. The van der Waals surface area contributed by atoms with Gasteiger partial charge in [0.1, 0.15) is 6.26 Å². The van der Waals surface area contributed by atoms with Crippen molar-refractivity contribution in [3.63, 3.8) is 0 Å². The number of hydrogen-bond donors (Lipinski definition) is 3. The van der Waals surface area contributed by atoms with Crippen molar-refractivity contribution in [3.8, 4) is 0 Å². The van der Waals surface area contributed by atoms with Crippen LogP contribution in [0, 0.1) is 0 Å². The first kappa shape index (κ1) is 11.6. The molecule has 0 saturated heterocycles. The summed E-state index contributed by atoms with van der Waals surface area (Å²) in [6.45, 7) is 0.208. The average Bonchev–Trinajstić information content (AvgIpc) is 2.65.